The highest BCUT2D eigenvalue weighted by atomic mass is 16.6. The van der Waals surface area contributed by atoms with Crippen LogP contribution in [0, 0.1) is 11.8 Å². The highest BCUT2D eigenvalue weighted by molar-refractivity contribution is 5.91. The number of hydrogen-bond acceptors (Lipinski definition) is 6. The molecule has 0 aliphatic heterocycles. The molecule has 0 radical (unpaired) electrons. The lowest BCUT2D eigenvalue weighted by Gasteiger charge is -2.29. The van der Waals surface area contributed by atoms with Crippen molar-refractivity contribution >= 4 is 24.5 Å². The second-order valence-electron chi connectivity index (χ2n) is 7.75. The van der Waals surface area contributed by atoms with Crippen LogP contribution in [0.2, 0.25) is 0 Å². The number of carbonyl (C=O) groups excluding carboxylic acids is 1. The normalized spacial score (nSPS) is 19.2. The van der Waals surface area contributed by atoms with E-state index in [1.807, 2.05) is 30.3 Å². The number of anilines is 1. The number of nitrogens with zero attached hydrogens (tertiary/aromatic N) is 2. The van der Waals surface area contributed by atoms with Crippen LogP contribution in [-0.4, -0.2) is 50.8 Å². The Hall–Kier alpha value is -3.13. The maximum absolute atomic E-state index is 13.0. The van der Waals surface area contributed by atoms with Gasteiger partial charge in [0, 0.05) is 11.8 Å². The van der Waals surface area contributed by atoms with E-state index in [-0.39, 0.29) is 12.5 Å². The molecule has 0 bridgehead atoms. The number of para-hydroxylation sites is 1. The number of aliphatic imine (C=N–C) groups is 1. The third kappa shape index (κ3) is 8.19. The van der Waals surface area contributed by atoms with Crippen LogP contribution in [0.5, 0.6) is 0 Å². The lowest BCUT2D eigenvalue weighted by molar-refractivity contribution is -0.142. The van der Waals surface area contributed by atoms with Gasteiger partial charge in [0.05, 0.1) is 32.2 Å². The topological polar surface area (TPSA) is 97.7 Å². The Kier molecular flexibility index (Phi) is 10.5. The number of carboxylic acids is 1. The minimum Gasteiger partial charge on any atom is -0.495 e. The van der Waals surface area contributed by atoms with E-state index >= 15 is 0 Å². The molecule has 1 aliphatic carbocycles. The van der Waals surface area contributed by atoms with Gasteiger partial charge in [-0.1, -0.05) is 18.2 Å². The van der Waals surface area contributed by atoms with E-state index in [4.69, 9.17) is 19.3 Å². The van der Waals surface area contributed by atoms with Gasteiger partial charge in [0.2, 0.25) is 0 Å². The predicted molar refractivity (Wildman–Crippen MR) is 123 cm³/mol. The summed E-state index contributed by atoms with van der Waals surface area (Å²) in [6, 6.07) is 9.27. The molecule has 0 spiro atoms. The van der Waals surface area contributed by atoms with Crippen LogP contribution >= 0.6 is 0 Å². The van der Waals surface area contributed by atoms with Gasteiger partial charge >= 0.3 is 12.1 Å². The van der Waals surface area contributed by atoms with Gasteiger partial charge in [0.1, 0.15) is 12.4 Å². The number of allylic oxidation sites excluding steroid dienone is 2. The quantitative estimate of drug-likeness (QED) is 0.304. The predicted octanol–water partition coefficient (Wildman–Crippen LogP) is 4.63. The van der Waals surface area contributed by atoms with Gasteiger partial charge < -0.3 is 19.3 Å². The summed E-state index contributed by atoms with van der Waals surface area (Å²) >= 11 is 0. The molecule has 2 rings (SSSR count). The van der Waals surface area contributed by atoms with Gasteiger partial charge in [-0.2, -0.15) is 0 Å². The molecular formula is C24H32N2O6. The lowest BCUT2D eigenvalue weighted by Crippen LogP contribution is -2.32. The standard InChI is InChI=1S/C24H32N2O6/c1-18(13-22(30-3)14-25-2)26(21-7-5-4-6-8-21)24(29)32-16-20-11-9-19(10-12-20)15-31-17-23(27)28/h4-8,13-14,19-20H,2,9-12,15-17H2,1,3H3,(H,27,28)/b18-13+,22-14+/t19-,20-. The minimum absolute atomic E-state index is 0.261. The second-order valence-corrected chi connectivity index (χ2v) is 7.75. The van der Waals surface area contributed by atoms with Crippen molar-refractivity contribution in [2.45, 2.75) is 32.6 Å². The summed E-state index contributed by atoms with van der Waals surface area (Å²) in [7, 11) is 1.52. The molecule has 0 atom stereocenters. The Bertz CT molecular complexity index is 813. The third-order valence-corrected chi connectivity index (χ3v) is 5.34. The molecule has 1 amide bonds. The summed E-state index contributed by atoms with van der Waals surface area (Å²) in [4.78, 5) is 28.8. The summed E-state index contributed by atoms with van der Waals surface area (Å²) in [6.45, 7) is 5.76. The van der Waals surface area contributed by atoms with Crippen LogP contribution in [0.15, 0.2) is 59.1 Å². The Labute approximate surface area is 189 Å². The van der Waals surface area contributed by atoms with Crippen molar-refractivity contribution in [3.63, 3.8) is 0 Å². The molecule has 1 aromatic rings. The monoisotopic (exact) mass is 444 g/mol. The molecule has 8 heteroatoms. The SMILES string of the molecule is C=N/C=C(\C=C(/C)N(C(=O)OC[C@H]1CC[C@H](COCC(=O)O)CC1)c1ccccc1)OC. The Morgan fingerprint density at radius 3 is 2.34 bits per heavy atom. The zero-order chi connectivity index (χ0) is 23.3. The third-order valence-electron chi connectivity index (χ3n) is 5.34. The number of aliphatic carboxylic acids is 1. The number of methoxy groups -OCH3 is 1. The van der Waals surface area contributed by atoms with Crippen molar-refractivity contribution in [1.29, 1.82) is 0 Å². The maximum atomic E-state index is 13.0. The van der Waals surface area contributed by atoms with E-state index in [2.05, 4.69) is 11.7 Å². The fraction of sp³-hybridized carbons (Fsp3) is 0.458. The zero-order valence-corrected chi connectivity index (χ0v) is 18.7. The van der Waals surface area contributed by atoms with Gasteiger partial charge in [-0.05, 0) is 63.3 Å². The molecule has 0 unspecified atom stereocenters. The van der Waals surface area contributed by atoms with Crippen LogP contribution in [-0.2, 0) is 19.0 Å². The van der Waals surface area contributed by atoms with E-state index < -0.39 is 12.1 Å². The molecule has 1 fully saturated rings. The van der Waals surface area contributed by atoms with Crippen molar-refractivity contribution in [3.05, 3.63) is 54.1 Å². The van der Waals surface area contributed by atoms with Crippen molar-refractivity contribution in [2.75, 3.05) is 31.8 Å². The van der Waals surface area contributed by atoms with Crippen LogP contribution in [0.3, 0.4) is 0 Å². The van der Waals surface area contributed by atoms with Gasteiger partial charge in [0.25, 0.3) is 0 Å². The van der Waals surface area contributed by atoms with E-state index in [1.54, 1.807) is 13.0 Å². The van der Waals surface area contributed by atoms with E-state index in [1.165, 1.54) is 18.2 Å². The first-order valence-electron chi connectivity index (χ1n) is 10.6. The first kappa shape index (κ1) is 25.1. The summed E-state index contributed by atoms with van der Waals surface area (Å²) in [5.74, 6) is 0.141. The van der Waals surface area contributed by atoms with Gasteiger partial charge in [0.15, 0.2) is 0 Å². The Morgan fingerprint density at radius 2 is 1.78 bits per heavy atom. The number of amides is 1. The molecule has 1 aromatic carbocycles. The number of carbonyl (C=O) groups is 2. The van der Waals surface area contributed by atoms with Gasteiger partial charge in [-0.3, -0.25) is 9.89 Å². The Morgan fingerprint density at radius 1 is 1.16 bits per heavy atom. The first-order chi connectivity index (χ1) is 15.4. The smallest absolute Gasteiger partial charge is 0.418 e. The average molecular weight is 445 g/mol. The first-order valence-corrected chi connectivity index (χ1v) is 10.6. The minimum atomic E-state index is -0.952. The molecule has 0 heterocycles. The van der Waals surface area contributed by atoms with E-state index in [0.29, 0.717) is 36.3 Å². The summed E-state index contributed by atoms with van der Waals surface area (Å²) < 4.78 is 16.2. The fourth-order valence-corrected chi connectivity index (χ4v) is 3.67. The number of benzene rings is 1. The van der Waals surface area contributed by atoms with Crippen LogP contribution in [0.1, 0.15) is 32.6 Å². The van der Waals surface area contributed by atoms with Crippen LogP contribution < -0.4 is 4.90 Å². The maximum Gasteiger partial charge on any atom is 0.418 e. The highest BCUT2D eigenvalue weighted by Crippen LogP contribution is 2.30. The van der Waals surface area contributed by atoms with E-state index in [9.17, 15) is 9.59 Å². The van der Waals surface area contributed by atoms with Crippen LogP contribution in [0.4, 0.5) is 10.5 Å². The zero-order valence-electron chi connectivity index (χ0n) is 18.7. The largest absolute Gasteiger partial charge is 0.495 e. The van der Waals surface area contributed by atoms with E-state index in [0.717, 1.165) is 25.7 Å². The van der Waals surface area contributed by atoms with Crippen molar-refractivity contribution in [3.8, 4) is 0 Å². The number of carboxylic acid groups (broad SMARTS) is 1. The number of hydrogen-bond donors (Lipinski definition) is 1. The van der Waals surface area contributed by atoms with Gasteiger partial charge in [-0.15, -0.1) is 0 Å². The number of rotatable bonds is 11. The molecule has 0 saturated heterocycles. The molecule has 174 valence electrons. The Balaban J connectivity index is 1.96. The molecule has 32 heavy (non-hydrogen) atoms. The average Bonchev–Trinajstić information content (AvgIpc) is 2.79. The molecule has 1 N–H and O–H groups in total. The highest BCUT2D eigenvalue weighted by Gasteiger charge is 2.25. The van der Waals surface area contributed by atoms with Crippen molar-refractivity contribution in [1.82, 2.24) is 0 Å². The summed E-state index contributed by atoms with van der Waals surface area (Å²) in [6.07, 6.45) is 6.40. The van der Waals surface area contributed by atoms with Crippen LogP contribution in [0.25, 0.3) is 0 Å². The lowest BCUT2D eigenvalue weighted by atomic mass is 9.83. The van der Waals surface area contributed by atoms with Crippen molar-refractivity contribution < 1.29 is 28.9 Å². The number of ether oxygens (including phenoxy) is 3. The summed E-state index contributed by atoms with van der Waals surface area (Å²) in [5, 5.41) is 8.66. The van der Waals surface area contributed by atoms with Crippen molar-refractivity contribution in [2.24, 2.45) is 16.8 Å². The molecule has 1 saturated carbocycles. The molecule has 1 aliphatic rings. The van der Waals surface area contributed by atoms with Gasteiger partial charge in [-0.25, -0.2) is 9.59 Å². The molecular weight excluding hydrogens is 412 g/mol. The molecule has 8 nitrogen and oxygen atoms in total. The molecule has 0 aromatic heterocycles. The second kappa shape index (κ2) is 13.3. The fourth-order valence-electron chi connectivity index (χ4n) is 3.67. The summed E-state index contributed by atoms with van der Waals surface area (Å²) in [5.41, 5.74) is 1.31.